The van der Waals surface area contributed by atoms with Crippen LogP contribution in [0.2, 0.25) is 0 Å². The molecule has 4 aliphatic rings. The molecule has 1 amide bonds. The summed E-state index contributed by atoms with van der Waals surface area (Å²) in [5.41, 5.74) is 3.36. The van der Waals surface area contributed by atoms with Crippen molar-refractivity contribution in [1.82, 2.24) is 4.90 Å². The number of aliphatic hydroxyl groups is 2. The highest BCUT2D eigenvalue weighted by molar-refractivity contribution is 6.04. The zero-order valence-electron chi connectivity index (χ0n) is 34.6. The molecular formula is C49H62N2O8. The maximum atomic E-state index is 15.2. The van der Waals surface area contributed by atoms with Gasteiger partial charge in [-0.2, -0.15) is 0 Å². The third-order valence-electron chi connectivity index (χ3n) is 12.5. The van der Waals surface area contributed by atoms with Crippen LogP contribution in [0.25, 0.3) is 10.8 Å². The summed E-state index contributed by atoms with van der Waals surface area (Å²) < 4.78 is 26.7. The second-order valence-electron chi connectivity index (χ2n) is 16.3. The second kappa shape index (κ2) is 20.2. The molecule has 0 spiro atoms. The van der Waals surface area contributed by atoms with Gasteiger partial charge < -0.3 is 38.9 Å². The molecular weight excluding hydrogens is 745 g/mol. The summed E-state index contributed by atoms with van der Waals surface area (Å²) in [6.45, 7) is 11.9. The van der Waals surface area contributed by atoms with Gasteiger partial charge in [-0.05, 0) is 103 Å². The predicted molar refractivity (Wildman–Crippen MR) is 231 cm³/mol. The topological polar surface area (TPSA) is 119 Å². The molecule has 2 N–H and O–H groups in total. The number of benzene rings is 3. The van der Waals surface area contributed by atoms with Gasteiger partial charge in [0.25, 0.3) is 5.91 Å². The molecule has 3 aromatic carbocycles. The average Bonchev–Trinajstić information content (AvgIpc) is 3.27. The van der Waals surface area contributed by atoms with Crippen LogP contribution in [-0.2, 0) is 14.3 Å². The number of unbranched alkanes of at least 4 members (excludes halogenated alkanes) is 2. The number of nitrogens with zero attached hydrogens (tertiary/aromatic N) is 2. The van der Waals surface area contributed by atoms with Gasteiger partial charge in [0, 0.05) is 49.6 Å². The Morgan fingerprint density at radius 2 is 1.76 bits per heavy atom. The normalized spacial score (nSPS) is 26.6. The Bertz CT molecular complexity index is 1970. The summed E-state index contributed by atoms with van der Waals surface area (Å²) in [6.07, 6.45) is 14.0. The minimum absolute atomic E-state index is 0.108. The van der Waals surface area contributed by atoms with Crippen LogP contribution in [0.4, 0.5) is 0 Å². The molecule has 0 aromatic heterocycles. The highest BCUT2D eigenvalue weighted by atomic mass is 16.8. The standard InChI is InChI=1S/C49H62N2O8/c1-4-24-51(48(54)37-21-20-34-15-7-8-16-35(34)30-37)44-33-42(50-59-45-19-11-14-29-56-45)40-31-36(17-9-12-25-52)39(18-10-13-26-53)46-41-32-38(55-27-5-2)22-23-43(41)58-49(44,47(40)46)57-28-6-3/h5-8,15-16,20-23,30-32,36,39,44-47,52-53H,2-4,9-14,17-19,24-29,33H2,1H3. The SMILES string of the molecule is C=CCOc1ccc2c(c1)C1C(CCCCO)C(CCCCO)C=C3C(=NOC4CCCCO4)CC(N(CCC)C(=O)c4ccc5ccccc5c4)C(OCC=C)(O2)C31. The van der Waals surface area contributed by atoms with Crippen LogP contribution in [-0.4, -0.2) is 84.4 Å². The molecule has 2 heterocycles. The van der Waals surface area contributed by atoms with Crippen LogP contribution in [0.3, 0.4) is 0 Å². The van der Waals surface area contributed by atoms with E-state index < -0.39 is 24.0 Å². The van der Waals surface area contributed by atoms with Gasteiger partial charge in [-0.3, -0.25) is 4.79 Å². The summed E-state index contributed by atoms with van der Waals surface area (Å²) in [7, 11) is 0. The molecule has 10 nitrogen and oxygen atoms in total. The van der Waals surface area contributed by atoms with Crippen molar-refractivity contribution in [2.45, 2.75) is 102 Å². The molecule has 2 aliphatic carbocycles. The summed E-state index contributed by atoms with van der Waals surface area (Å²) in [5, 5.41) is 26.9. The number of ether oxygens (including phenoxy) is 4. The van der Waals surface area contributed by atoms with E-state index in [1.165, 1.54) is 0 Å². The predicted octanol–water partition coefficient (Wildman–Crippen LogP) is 9.12. The maximum Gasteiger partial charge on any atom is 0.254 e. The minimum atomic E-state index is -1.34. The molecule has 316 valence electrons. The molecule has 7 rings (SSSR count). The first kappa shape index (κ1) is 42.6. The minimum Gasteiger partial charge on any atom is -0.490 e. The monoisotopic (exact) mass is 806 g/mol. The first-order chi connectivity index (χ1) is 29.0. The third-order valence-corrected chi connectivity index (χ3v) is 12.5. The lowest BCUT2D eigenvalue weighted by atomic mass is 9.55. The quantitative estimate of drug-likeness (QED) is 0.0660. The highest BCUT2D eigenvalue weighted by Gasteiger charge is 2.65. The summed E-state index contributed by atoms with van der Waals surface area (Å²) in [6, 6.07) is 19.4. The van der Waals surface area contributed by atoms with Crippen LogP contribution in [0.15, 0.2) is 103 Å². The smallest absolute Gasteiger partial charge is 0.254 e. The van der Waals surface area contributed by atoms with Gasteiger partial charge in [-0.15, -0.1) is 6.58 Å². The lowest BCUT2D eigenvalue weighted by Crippen LogP contribution is -2.70. The Morgan fingerprint density at radius 1 is 0.966 bits per heavy atom. The number of carbonyl (C=O) groups is 1. The number of hydrogen-bond acceptors (Lipinski definition) is 9. The molecule has 1 saturated heterocycles. The molecule has 3 aromatic rings. The number of amides is 1. The van der Waals surface area contributed by atoms with Gasteiger partial charge in [0.2, 0.25) is 12.1 Å². The van der Waals surface area contributed by atoms with Crippen molar-refractivity contribution < 1.29 is 38.8 Å². The molecule has 59 heavy (non-hydrogen) atoms. The number of oxime groups is 1. The van der Waals surface area contributed by atoms with Crippen molar-refractivity contribution in [2.75, 3.05) is 39.6 Å². The first-order valence-electron chi connectivity index (χ1n) is 21.9. The van der Waals surface area contributed by atoms with Crippen LogP contribution < -0.4 is 9.47 Å². The maximum absolute atomic E-state index is 15.2. The molecule has 2 aliphatic heterocycles. The molecule has 0 radical (unpaired) electrons. The Morgan fingerprint density at radius 3 is 2.51 bits per heavy atom. The zero-order valence-corrected chi connectivity index (χ0v) is 34.6. The number of rotatable bonds is 20. The van der Waals surface area contributed by atoms with E-state index in [2.05, 4.69) is 38.3 Å². The summed E-state index contributed by atoms with van der Waals surface area (Å²) >= 11 is 0. The van der Waals surface area contributed by atoms with Crippen molar-refractivity contribution in [2.24, 2.45) is 22.9 Å². The van der Waals surface area contributed by atoms with Crippen LogP contribution in [0.5, 0.6) is 11.5 Å². The van der Waals surface area contributed by atoms with Gasteiger partial charge in [0.15, 0.2) is 0 Å². The second-order valence-corrected chi connectivity index (χ2v) is 16.3. The molecule has 7 atom stereocenters. The average molecular weight is 807 g/mol. The van der Waals surface area contributed by atoms with E-state index in [0.29, 0.717) is 62.5 Å². The number of carbonyl (C=O) groups excluding carboxylic acids is 1. The number of hydrogen-bond donors (Lipinski definition) is 2. The highest BCUT2D eigenvalue weighted by Crippen LogP contribution is 2.62. The van der Waals surface area contributed by atoms with Crippen LogP contribution in [0.1, 0.15) is 99.4 Å². The Kier molecular flexibility index (Phi) is 14.6. The zero-order chi connectivity index (χ0) is 41.2. The molecule has 10 heteroatoms. The fourth-order valence-electron chi connectivity index (χ4n) is 9.94. The van der Waals surface area contributed by atoms with Gasteiger partial charge >= 0.3 is 0 Å². The van der Waals surface area contributed by atoms with E-state index in [1.807, 2.05) is 53.4 Å². The Hall–Kier alpha value is -4.48. The fraction of sp³-hybridized carbons (Fsp3) is 0.510. The largest absolute Gasteiger partial charge is 0.490 e. The van der Waals surface area contributed by atoms with Crippen LogP contribution in [0, 0.1) is 17.8 Å². The van der Waals surface area contributed by atoms with E-state index >= 15 is 4.79 Å². The van der Waals surface area contributed by atoms with Gasteiger partial charge in [-0.25, -0.2) is 0 Å². The molecule has 1 saturated carbocycles. The summed E-state index contributed by atoms with van der Waals surface area (Å²) in [5.74, 6) is -0.366. The van der Waals surface area contributed by atoms with E-state index in [9.17, 15) is 10.2 Å². The lowest BCUT2D eigenvalue weighted by Gasteiger charge is -2.60. The van der Waals surface area contributed by atoms with Gasteiger partial charge in [0.05, 0.1) is 24.8 Å². The van der Waals surface area contributed by atoms with Gasteiger partial charge in [0.1, 0.15) is 24.1 Å². The lowest BCUT2D eigenvalue weighted by molar-refractivity contribution is -0.254. The van der Waals surface area contributed by atoms with Crippen molar-refractivity contribution in [1.29, 1.82) is 0 Å². The first-order valence-corrected chi connectivity index (χ1v) is 21.9. The van der Waals surface area contributed by atoms with E-state index in [4.69, 9.17) is 28.9 Å². The molecule has 0 bridgehead atoms. The molecule has 2 fully saturated rings. The van der Waals surface area contributed by atoms with Crippen molar-refractivity contribution >= 4 is 22.4 Å². The van der Waals surface area contributed by atoms with Gasteiger partial charge in [-0.1, -0.05) is 80.1 Å². The number of aliphatic hydroxyl groups excluding tert-OH is 2. The summed E-state index contributed by atoms with van der Waals surface area (Å²) in [4.78, 5) is 23.4. The van der Waals surface area contributed by atoms with E-state index in [1.54, 1.807) is 12.2 Å². The van der Waals surface area contributed by atoms with Crippen molar-refractivity contribution in [3.05, 3.63) is 109 Å². The van der Waals surface area contributed by atoms with E-state index in [0.717, 1.165) is 72.6 Å². The van der Waals surface area contributed by atoms with Crippen molar-refractivity contribution in [3.63, 3.8) is 0 Å². The van der Waals surface area contributed by atoms with Crippen molar-refractivity contribution in [3.8, 4) is 11.5 Å². The fourth-order valence-corrected chi connectivity index (χ4v) is 9.94. The third kappa shape index (κ3) is 9.16. The number of allylic oxidation sites excluding steroid dienone is 1. The van der Waals surface area contributed by atoms with E-state index in [-0.39, 0.29) is 43.5 Å². The Labute approximate surface area is 349 Å². The number of fused-ring (bicyclic) bond motifs is 3. The Balaban J connectivity index is 1.45. The van der Waals surface area contributed by atoms with Crippen LogP contribution >= 0.6 is 0 Å². The molecule has 7 unspecified atom stereocenters.